The van der Waals surface area contributed by atoms with Crippen molar-refractivity contribution in [1.29, 1.82) is 0 Å². The lowest BCUT2D eigenvalue weighted by atomic mass is 9.95. The molecule has 0 aliphatic carbocycles. The second-order valence-electron chi connectivity index (χ2n) is 16.8. The largest absolute Gasteiger partial charge is 0.464 e. The number of aliphatic imine (C=N–C) groups is 2. The topological polar surface area (TPSA) is 209 Å². The highest BCUT2D eigenvalue weighted by Gasteiger charge is 2.52. The lowest BCUT2D eigenvalue weighted by Gasteiger charge is -2.34. The van der Waals surface area contributed by atoms with Crippen LogP contribution in [0.25, 0.3) is 6.08 Å². The van der Waals surface area contributed by atoms with E-state index in [2.05, 4.69) is 23.4 Å². The molecule has 2 N–H and O–H groups in total. The van der Waals surface area contributed by atoms with Gasteiger partial charge >= 0.3 is 17.9 Å². The molecule has 6 aliphatic heterocycles. The summed E-state index contributed by atoms with van der Waals surface area (Å²) in [6, 6.07) is 13.6. The molecule has 3 aromatic carbocycles. The Morgan fingerprint density at radius 1 is 0.632 bits per heavy atom. The second-order valence-corrected chi connectivity index (χ2v) is 16.8. The van der Waals surface area contributed by atoms with Crippen LogP contribution in [0.3, 0.4) is 0 Å². The van der Waals surface area contributed by atoms with Gasteiger partial charge in [0.1, 0.15) is 30.2 Å². The van der Waals surface area contributed by atoms with Crippen molar-refractivity contribution in [3.05, 3.63) is 94.1 Å². The van der Waals surface area contributed by atoms with Gasteiger partial charge in [-0.05, 0) is 88.7 Å². The van der Waals surface area contributed by atoms with Gasteiger partial charge in [0.25, 0.3) is 11.8 Å². The van der Waals surface area contributed by atoms with Gasteiger partial charge in [-0.2, -0.15) is 0 Å². The van der Waals surface area contributed by atoms with Gasteiger partial charge < -0.3 is 29.4 Å². The van der Waals surface area contributed by atoms with Crippen molar-refractivity contribution in [3.8, 4) is 0 Å². The van der Waals surface area contributed by atoms with Gasteiger partial charge in [-0.15, -0.1) is 0 Å². The van der Waals surface area contributed by atoms with E-state index in [-0.39, 0.29) is 42.7 Å². The summed E-state index contributed by atoms with van der Waals surface area (Å²) in [4.78, 5) is 87.8. The predicted octanol–water partition coefficient (Wildman–Crippen LogP) is 4.59. The average Bonchev–Trinajstić information content (AvgIpc) is 3.99. The van der Waals surface area contributed by atoms with Crippen molar-refractivity contribution >= 4 is 72.2 Å². The molecule has 17 nitrogen and oxygen atoms in total. The van der Waals surface area contributed by atoms with E-state index in [9.17, 15) is 28.8 Å². The van der Waals surface area contributed by atoms with Crippen molar-refractivity contribution in [2.75, 3.05) is 47.7 Å². The number of carbonyl (C=O) groups is 6. The zero-order valence-corrected chi connectivity index (χ0v) is 39.3. The first-order chi connectivity index (χ1) is 32.8. The average molecular weight is 933 g/mol. The van der Waals surface area contributed by atoms with E-state index < -0.39 is 48.0 Å². The third kappa shape index (κ3) is 9.09. The molecule has 0 saturated heterocycles. The Hall–Kier alpha value is -6.56. The maximum Gasteiger partial charge on any atom is 0.329 e. The Kier molecular flexibility index (Phi) is 15.4. The van der Waals surface area contributed by atoms with Crippen LogP contribution in [0.2, 0.25) is 0 Å². The highest BCUT2D eigenvalue weighted by Crippen LogP contribution is 2.48. The molecule has 17 heteroatoms. The van der Waals surface area contributed by atoms with Gasteiger partial charge in [0.15, 0.2) is 5.79 Å². The van der Waals surface area contributed by atoms with Crippen LogP contribution in [-0.4, -0.2) is 118 Å². The molecule has 0 radical (unpaired) electrons. The summed E-state index contributed by atoms with van der Waals surface area (Å²) >= 11 is 0. The van der Waals surface area contributed by atoms with Crippen molar-refractivity contribution in [3.63, 3.8) is 0 Å². The smallest absolute Gasteiger partial charge is 0.329 e. The zero-order chi connectivity index (χ0) is 48.9. The summed E-state index contributed by atoms with van der Waals surface area (Å²) in [6.45, 7) is 17.8. The minimum atomic E-state index is -1.12. The maximum absolute atomic E-state index is 13.3. The van der Waals surface area contributed by atoms with E-state index in [1.807, 2.05) is 74.5 Å². The van der Waals surface area contributed by atoms with Crippen molar-refractivity contribution < 1.29 is 52.5 Å². The van der Waals surface area contributed by atoms with E-state index in [0.29, 0.717) is 57.8 Å². The van der Waals surface area contributed by atoms with E-state index >= 15 is 0 Å². The summed E-state index contributed by atoms with van der Waals surface area (Å²) in [6.07, 6.45) is 6.55. The SMILES string of the molecule is C=NC1C=Cc2cccc3c2N(C1=O)C(C(=O)OCC)C3.C=NC1CC(OCC)(OCC)c2cccc3c2N(C1=O)C(C(=O)OCC)C3.CCOC(=O)C1Cc2cccc3c2N1C(=O)C(N)CC3. The summed E-state index contributed by atoms with van der Waals surface area (Å²) in [5.74, 6) is -2.95. The van der Waals surface area contributed by atoms with Crippen LogP contribution in [0.4, 0.5) is 17.1 Å². The molecule has 0 fully saturated rings. The second kappa shape index (κ2) is 21.2. The first-order valence-corrected chi connectivity index (χ1v) is 23.3. The third-order valence-corrected chi connectivity index (χ3v) is 12.8. The van der Waals surface area contributed by atoms with Crippen LogP contribution >= 0.6 is 0 Å². The highest BCUT2D eigenvalue weighted by atomic mass is 16.7. The van der Waals surface area contributed by atoms with Gasteiger partial charge in [-0.25, -0.2) is 14.4 Å². The molecule has 0 saturated carbocycles. The van der Waals surface area contributed by atoms with E-state index in [1.165, 1.54) is 9.80 Å². The quantitative estimate of drug-likeness (QED) is 0.115. The molecule has 9 rings (SSSR count). The first kappa shape index (κ1) is 49.3. The number of hydrogen-bond donors (Lipinski definition) is 1. The fourth-order valence-electron chi connectivity index (χ4n) is 10.0. The van der Waals surface area contributed by atoms with Gasteiger partial charge in [0.2, 0.25) is 5.91 Å². The Morgan fingerprint density at radius 2 is 1.12 bits per heavy atom. The third-order valence-electron chi connectivity index (χ3n) is 12.8. The lowest BCUT2D eigenvalue weighted by molar-refractivity contribution is -0.247. The van der Waals surface area contributed by atoms with Crippen LogP contribution < -0.4 is 20.4 Å². The molecule has 6 aliphatic rings. The fraction of sp³-hybridized carbons (Fsp3) is 0.451. The number of esters is 3. The Balaban J connectivity index is 0.000000153. The summed E-state index contributed by atoms with van der Waals surface area (Å²) in [7, 11) is 0. The number of nitrogens with two attached hydrogens (primary N) is 1. The molecule has 3 amide bonds. The number of aryl methyl sites for hydroxylation is 1. The molecule has 0 spiro atoms. The number of rotatable bonds is 12. The van der Waals surface area contributed by atoms with Crippen LogP contribution in [-0.2, 0) is 83.9 Å². The zero-order valence-electron chi connectivity index (χ0n) is 39.3. The van der Waals surface area contributed by atoms with Crippen molar-refractivity contribution in [2.45, 2.75) is 115 Å². The summed E-state index contributed by atoms with van der Waals surface area (Å²) < 4.78 is 27.6. The number of benzene rings is 3. The number of amides is 3. The van der Waals surface area contributed by atoms with Crippen LogP contribution in [0.1, 0.15) is 80.8 Å². The molecular weight excluding hydrogens is 873 g/mol. The molecule has 6 atom stereocenters. The highest BCUT2D eigenvalue weighted by molar-refractivity contribution is 6.09. The minimum Gasteiger partial charge on any atom is -0.464 e. The van der Waals surface area contributed by atoms with Crippen LogP contribution in [0.5, 0.6) is 0 Å². The standard InChI is InChI=1S/C20H26N2O5.C16H16N2O3.C15H18N2O3/c1-5-25-19(24)16-11-13-9-8-10-14-17(13)22(16)18(23)15(21-4)12-20(14,26-6-2)27-7-3;1-3-21-16(20)13-9-11-6-4-5-10-7-8-12(17-2)15(19)18(13)14(10)11;1-2-20-15(19)12-8-10-5-3-4-9-6-7-11(16)14(18)17(12)13(9)10/h8-10,15-16H,4-7,11-12H2,1-3H3;4-8,12-13H,2-3,9H2,1H3;3-5,11-12H,2,6-8,16H2,1H3. The number of anilines is 3. The van der Waals surface area contributed by atoms with E-state index in [4.69, 9.17) is 29.4 Å². The number of hydrogen-bond acceptors (Lipinski definition) is 14. The Labute approximate surface area is 396 Å². The molecule has 68 heavy (non-hydrogen) atoms. The molecule has 360 valence electrons. The Bertz CT molecular complexity index is 2500. The summed E-state index contributed by atoms with van der Waals surface area (Å²) in [5.41, 5.74) is 13.9. The van der Waals surface area contributed by atoms with Gasteiger partial charge in [-0.1, -0.05) is 66.7 Å². The monoisotopic (exact) mass is 932 g/mol. The van der Waals surface area contributed by atoms with Gasteiger partial charge in [0, 0.05) is 44.5 Å². The maximum atomic E-state index is 13.3. The molecule has 3 aromatic rings. The predicted molar refractivity (Wildman–Crippen MR) is 256 cm³/mol. The number of carbonyl (C=O) groups excluding carboxylic acids is 6. The van der Waals surface area contributed by atoms with Gasteiger partial charge in [-0.3, -0.25) is 39.1 Å². The van der Waals surface area contributed by atoms with Crippen LogP contribution in [0, 0.1) is 0 Å². The molecule has 6 unspecified atom stereocenters. The van der Waals surface area contributed by atoms with Crippen LogP contribution in [0.15, 0.2) is 70.7 Å². The molecular formula is C51H60N6O11. The molecule has 0 aromatic heterocycles. The number of ether oxygens (including phenoxy) is 5. The number of nitrogens with zero attached hydrogens (tertiary/aromatic N) is 5. The van der Waals surface area contributed by atoms with Gasteiger partial charge in [0.05, 0.1) is 42.9 Å². The van der Waals surface area contributed by atoms with E-state index in [1.54, 1.807) is 31.7 Å². The van der Waals surface area contributed by atoms with Crippen molar-refractivity contribution in [2.24, 2.45) is 15.7 Å². The Morgan fingerprint density at radius 3 is 1.65 bits per heavy atom. The summed E-state index contributed by atoms with van der Waals surface area (Å²) in [5, 5.41) is 0. The lowest BCUT2D eigenvalue weighted by Crippen LogP contribution is -2.50. The van der Waals surface area contributed by atoms with E-state index in [0.717, 1.165) is 51.2 Å². The fourth-order valence-corrected chi connectivity index (χ4v) is 10.0. The number of para-hydroxylation sites is 3. The molecule has 6 heterocycles. The minimum absolute atomic E-state index is 0.174. The van der Waals surface area contributed by atoms with Crippen molar-refractivity contribution in [1.82, 2.24) is 0 Å². The molecule has 0 bridgehead atoms. The normalized spacial score (nSPS) is 23.3. The first-order valence-electron chi connectivity index (χ1n) is 23.3.